The Balaban J connectivity index is 2.15. The molecule has 0 bridgehead atoms. The number of carboxylic acids is 1. The van der Waals surface area contributed by atoms with Crippen molar-refractivity contribution in [1.82, 2.24) is 9.88 Å². The lowest BCUT2D eigenvalue weighted by Gasteiger charge is -2.28. The first-order valence-electron chi connectivity index (χ1n) is 6.74. The van der Waals surface area contributed by atoms with Crippen molar-refractivity contribution in [3.05, 3.63) is 29.6 Å². The Morgan fingerprint density at radius 2 is 2.00 bits per heavy atom. The number of nitrogens with zero attached hydrogens (tertiary/aromatic N) is 2. The van der Waals surface area contributed by atoms with Gasteiger partial charge in [0.05, 0.1) is 12.2 Å². The van der Waals surface area contributed by atoms with Crippen LogP contribution in [-0.4, -0.2) is 51.2 Å². The molecule has 6 nitrogen and oxygen atoms in total. The molecule has 1 aromatic rings. The molecule has 1 aliphatic rings. The van der Waals surface area contributed by atoms with Crippen LogP contribution in [0.25, 0.3) is 0 Å². The van der Waals surface area contributed by atoms with E-state index < -0.39 is 5.97 Å². The van der Waals surface area contributed by atoms with E-state index in [9.17, 15) is 9.59 Å². The summed E-state index contributed by atoms with van der Waals surface area (Å²) in [6.07, 6.45) is 5.25. The molecule has 0 saturated heterocycles. The van der Waals surface area contributed by atoms with Crippen LogP contribution in [0.5, 0.6) is 0 Å². The van der Waals surface area contributed by atoms with Crippen molar-refractivity contribution in [1.29, 1.82) is 0 Å². The lowest BCUT2D eigenvalue weighted by Crippen LogP contribution is -2.41. The molecule has 0 spiro atoms. The molecule has 0 aliphatic heterocycles. The molecule has 1 aliphatic carbocycles. The molecule has 1 heterocycles. The van der Waals surface area contributed by atoms with E-state index in [-0.39, 0.29) is 36.4 Å². The summed E-state index contributed by atoms with van der Waals surface area (Å²) in [4.78, 5) is 28.7. The summed E-state index contributed by atoms with van der Waals surface area (Å²) in [6, 6.07) is 2.94. The number of pyridine rings is 1. The first-order chi connectivity index (χ1) is 9.63. The van der Waals surface area contributed by atoms with Gasteiger partial charge < -0.3 is 15.1 Å². The van der Waals surface area contributed by atoms with Crippen LogP contribution < -0.4 is 0 Å². The maximum absolute atomic E-state index is 12.4. The molecule has 0 radical (unpaired) electrons. The SMILES string of the molecule is O=C(O)c1ccc(C(=O)N(CCO)C2CCCC2)nc1. The molecule has 0 unspecified atom stereocenters. The normalized spacial score (nSPS) is 15.2. The highest BCUT2D eigenvalue weighted by atomic mass is 16.4. The number of carboxylic acid groups (broad SMARTS) is 1. The summed E-state index contributed by atoms with van der Waals surface area (Å²) in [7, 11) is 0. The third-order valence-electron chi connectivity index (χ3n) is 3.60. The van der Waals surface area contributed by atoms with Gasteiger partial charge in [-0.05, 0) is 25.0 Å². The number of aliphatic hydroxyl groups is 1. The van der Waals surface area contributed by atoms with Crippen LogP contribution in [-0.2, 0) is 0 Å². The largest absolute Gasteiger partial charge is 0.478 e. The maximum atomic E-state index is 12.4. The first-order valence-corrected chi connectivity index (χ1v) is 6.74. The fraction of sp³-hybridized carbons (Fsp3) is 0.500. The number of rotatable bonds is 5. The lowest BCUT2D eigenvalue weighted by molar-refractivity contribution is 0.0629. The van der Waals surface area contributed by atoms with Gasteiger partial charge in [-0.1, -0.05) is 12.8 Å². The summed E-state index contributed by atoms with van der Waals surface area (Å²) in [5, 5.41) is 17.9. The van der Waals surface area contributed by atoms with Gasteiger partial charge in [0.25, 0.3) is 5.91 Å². The van der Waals surface area contributed by atoms with Gasteiger partial charge in [-0.2, -0.15) is 0 Å². The molecule has 20 heavy (non-hydrogen) atoms. The highest BCUT2D eigenvalue weighted by Crippen LogP contribution is 2.24. The van der Waals surface area contributed by atoms with E-state index in [0.29, 0.717) is 0 Å². The third-order valence-corrected chi connectivity index (χ3v) is 3.60. The Bertz CT molecular complexity index is 480. The molecule has 108 valence electrons. The Morgan fingerprint density at radius 3 is 2.50 bits per heavy atom. The highest BCUT2D eigenvalue weighted by Gasteiger charge is 2.27. The van der Waals surface area contributed by atoms with Crippen molar-refractivity contribution < 1.29 is 19.8 Å². The Labute approximate surface area is 117 Å². The smallest absolute Gasteiger partial charge is 0.337 e. The van der Waals surface area contributed by atoms with Gasteiger partial charge >= 0.3 is 5.97 Å². The van der Waals surface area contributed by atoms with Crippen molar-refractivity contribution >= 4 is 11.9 Å². The summed E-state index contributed by atoms with van der Waals surface area (Å²) in [6.45, 7) is 0.196. The summed E-state index contributed by atoms with van der Waals surface area (Å²) in [5.41, 5.74) is 0.270. The fourth-order valence-corrected chi connectivity index (χ4v) is 2.57. The zero-order valence-corrected chi connectivity index (χ0v) is 11.2. The molecule has 6 heteroatoms. The van der Waals surface area contributed by atoms with E-state index in [2.05, 4.69) is 4.98 Å². The first kappa shape index (κ1) is 14.5. The van der Waals surface area contributed by atoms with Crippen LogP contribution in [0.2, 0.25) is 0 Å². The van der Waals surface area contributed by atoms with E-state index in [1.54, 1.807) is 4.90 Å². The minimum Gasteiger partial charge on any atom is -0.478 e. The third kappa shape index (κ3) is 3.14. The summed E-state index contributed by atoms with van der Waals surface area (Å²) < 4.78 is 0. The molecule has 2 N–H and O–H groups in total. The van der Waals surface area contributed by atoms with Crippen molar-refractivity contribution in [2.24, 2.45) is 0 Å². The standard InChI is InChI=1S/C14H18N2O4/c17-8-7-16(11-3-1-2-4-11)13(18)12-6-5-10(9-15-12)14(19)20/h5-6,9,11,17H,1-4,7-8H2,(H,19,20). The fourth-order valence-electron chi connectivity index (χ4n) is 2.57. The second-order valence-electron chi connectivity index (χ2n) is 4.90. The predicted molar refractivity (Wildman–Crippen MR) is 71.6 cm³/mol. The Morgan fingerprint density at radius 1 is 1.30 bits per heavy atom. The number of aliphatic hydroxyl groups excluding tert-OH is 1. The number of amides is 1. The van der Waals surface area contributed by atoms with Gasteiger partial charge in [0, 0.05) is 18.8 Å². The van der Waals surface area contributed by atoms with Gasteiger partial charge in [-0.25, -0.2) is 4.79 Å². The molecule has 1 aromatic heterocycles. The number of hydrogen-bond acceptors (Lipinski definition) is 4. The van der Waals surface area contributed by atoms with Crippen LogP contribution in [0.1, 0.15) is 46.5 Å². The van der Waals surface area contributed by atoms with E-state index in [1.807, 2.05) is 0 Å². The molecule has 0 atom stereocenters. The van der Waals surface area contributed by atoms with Crippen LogP contribution in [0, 0.1) is 0 Å². The van der Waals surface area contributed by atoms with Gasteiger partial charge in [0.15, 0.2) is 0 Å². The minimum absolute atomic E-state index is 0.0520. The second kappa shape index (κ2) is 6.47. The van der Waals surface area contributed by atoms with Gasteiger partial charge in [0.1, 0.15) is 5.69 Å². The monoisotopic (exact) mass is 278 g/mol. The van der Waals surface area contributed by atoms with E-state index in [4.69, 9.17) is 10.2 Å². The molecule has 2 rings (SSSR count). The van der Waals surface area contributed by atoms with E-state index in [1.165, 1.54) is 18.3 Å². The number of aromatic carboxylic acids is 1. The van der Waals surface area contributed by atoms with Crippen LogP contribution in [0.4, 0.5) is 0 Å². The number of carbonyl (C=O) groups excluding carboxylic acids is 1. The quantitative estimate of drug-likeness (QED) is 0.843. The van der Waals surface area contributed by atoms with Crippen LogP contribution >= 0.6 is 0 Å². The van der Waals surface area contributed by atoms with Gasteiger partial charge in [0.2, 0.25) is 0 Å². The molecular weight excluding hydrogens is 260 g/mol. The topological polar surface area (TPSA) is 90.7 Å². The van der Waals surface area contributed by atoms with Crippen molar-refractivity contribution in [2.45, 2.75) is 31.7 Å². The summed E-state index contributed by atoms with van der Waals surface area (Å²) >= 11 is 0. The van der Waals surface area contributed by atoms with E-state index >= 15 is 0 Å². The zero-order chi connectivity index (χ0) is 14.5. The second-order valence-corrected chi connectivity index (χ2v) is 4.90. The molecule has 1 saturated carbocycles. The van der Waals surface area contributed by atoms with Crippen LogP contribution in [0.3, 0.4) is 0 Å². The highest BCUT2D eigenvalue weighted by molar-refractivity contribution is 5.94. The number of aromatic nitrogens is 1. The van der Waals surface area contributed by atoms with Gasteiger partial charge in [-0.3, -0.25) is 9.78 Å². The Hall–Kier alpha value is -1.95. The molecule has 1 fully saturated rings. The average Bonchev–Trinajstić information content (AvgIpc) is 2.98. The average molecular weight is 278 g/mol. The molecule has 1 amide bonds. The number of carbonyl (C=O) groups is 2. The zero-order valence-electron chi connectivity index (χ0n) is 11.2. The Kier molecular flexibility index (Phi) is 4.68. The van der Waals surface area contributed by atoms with E-state index in [0.717, 1.165) is 25.7 Å². The minimum atomic E-state index is -1.07. The van der Waals surface area contributed by atoms with Gasteiger partial charge in [-0.15, -0.1) is 0 Å². The predicted octanol–water partition coefficient (Wildman–Crippen LogP) is 1.16. The summed E-state index contributed by atoms with van der Waals surface area (Å²) in [5.74, 6) is -1.32. The van der Waals surface area contributed by atoms with Crippen molar-refractivity contribution in [3.63, 3.8) is 0 Å². The lowest BCUT2D eigenvalue weighted by atomic mass is 10.1. The molecular formula is C14H18N2O4. The van der Waals surface area contributed by atoms with Crippen molar-refractivity contribution in [2.75, 3.05) is 13.2 Å². The van der Waals surface area contributed by atoms with Crippen molar-refractivity contribution in [3.8, 4) is 0 Å². The number of hydrogen-bond donors (Lipinski definition) is 2. The molecule has 0 aromatic carbocycles. The maximum Gasteiger partial charge on any atom is 0.337 e. The van der Waals surface area contributed by atoms with Crippen LogP contribution in [0.15, 0.2) is 18.3 Å².